The molecular formula is C21H24O7. The van der Waals surface area contributed by atoms with Crippen molar-refractivity contribution in [3.05, 3.63) is 47.5 Å². The van der Waals surface area contributed by atoms with Gasteiger partial charge in [-0.15, -0.1) is 0 Å². The minimum Gasteiger partial charge on any atom is -0.491 e. The summed E-state index contributed by atoms with van der Waals surface area (Å²) < 4.78 is 34.2. The molecule has 2 aromatic rings. The van der Waals surface area contributed by atoms with Crippen molar-refractivity contribution in [3.8, 4) is 23.0 Å². The minimum atomic E-state index is -0.916. The highest BCUT2D eigenvalue weighted by molar-refractivity contribution is 5.60. The second-order valence-corrected chi connectivity index (χ2v) is 6.37. The monoisotopic (exact) mass is 388 g/mol. The van der Waals surface area contributed by atoms with E-state index in [1.54, 1.807) is 0 Å². The third kappa shape index (κ3) is 4.23. The van der Waals surface area contributed by atoms with Crippen molar-refractivity contribution >= 4 is 0 Å². The molecule has 0 saturated carbocycles. The van der Waals surface area contributed by atoms with Gasteiger partial charge in [-0.1, -0.05) is 12.1 Å². The Morgan fingerprint density at radius 2 is 0.964 bits per heavy atom. The summed E-state index contributed by atoms with van der Waals surface area (Å²) in [6.07, 6.45) is -0.916. The summed E-state index contributed by atoms with van der Waals surface area (Å²) >= 11 is 0. The number of hydrogen-bond donors (Lipinski definition) is 1. The van der Waals surface area contributed by atoms with Gasteiger partial charge in [0.05, 0.1) is 50.8 Å². The fourth-order valence-electron chi connectivity index (χ4n) is 3.24. The molecule has 0 fully saturated rings. The van der Waals surface area contributed by atoms with Crippen molar-refractivity contribution in [1.82, 2.24) is 0 Å². The number of aliphatic hydroxyl groups excluding tert-OH is 1. The highest BCUT2D eigenvalue weighted by Gasteiger charge is 2.31. The van der Waals surface area contributed by atoms with E-state index < -0.39 is 6.10 Å². The van der Waals surface area contributed by atoms with Crippen molar-refractivity contribution in [1.29, 1.82) is 0 Å². The van der Waals surface area contributed by atoms with Gasteiger partial charge in [0.15, 0.2) is 0 Å². The van der Waals surface area contributed by atoms with E-state index in [0.717, 1.165) is 0 Å². The molecule has 2 heterocycles. The SMILES string of the molecule is OC1c2c3cccc2Oc2cccc(c21)OCCOCCOCCOCCO3. The van der Waals surface area contributed by atoms with Gasteiger partial charge in [-0.25, -0.2) is 0 Å². The zero-order valence-electron chi connectivity index (χ0n) is 15.6. The molecule has 0 amide bonds. The van der Waals surface area contributed by atoms with E-state index in [1.807, 2.05) is 36.4 Å². The first-order chi connectivity index (χ1) is 13.8. The number of aliphatic hydroxyl groups is 1. The molecule has 4 rings (SSSR count). The van der Waals surface area contributed by atoms with Gasteiger partial charge in [0.25, 0.3) is 0 Å². The van der Waals surface area contributed by atoms with Crippen LogP contribution in [0, 0.1) is 0 Å². The van der Waals surface area contributed by atoms with E-state index in [-0.39, 0.29) is 0 Å². The fraction of sp³-hybridized carbons (Fsp3) is 0.429. The summed E-state index contributed by atoms with van der Waals surface area (Å²) in [5.41, 5.74) is 1.18. The zero-order chi connectivity index (χ0) is 19.2. The molecule has 2 aliphatic rings. The number of rotatable bonds is 0. The van der Waals surface area contributed by atoms with Gasteiger partial charge in [0.1, 0.15) is 42.3 Å². The Bertz CT molecular complexity index is 729. The summed E-state index contributed by atoms with van der Waals surface area (Å²) in [6.45, 7) is 3.54. The van der Waals surface area contributed by atoms with E-state index >= 15 is 0 Å². The molecular weight excluding hydrogens is 364 g/mol. The molecule has 0 radical (unpaired) electrons. The Morgan fingerprint density at radius 1 is 0.571 bits per heavy atom. The van der Waals surface area contributed by atoms with Crippen LogP contribution in [0.25, 0.3) is 0 Å². The topological polar surface area (TPSA) is 75.6 Å². The Labute approximate surface area is 163 Å². The maximum absolute atomic E-state index is 11.1. The second-order valence-electron chi connectivity index (χ2n) is 6.37. The minimum absolute atomic E-state index is 0.358. The normalized spacial score (nSPS) is 18.8. The molecule has 2 aromatic carbocycles. The van der Waals surface area contributed by atoms with Crippen LogP contribution in [0.15, 0.2) is 36.4 Å². The molecule has 0 atom stereocenters. The lowest BCUT2D eigenvalue weighted by molar-refractivity contribution is 0.00439. The summed E-state index contributed by atoms with van der Waals surface area (Å²) in [7, 11) is 0. The summed E-state index contributed by atoms with van der Waals surface area (Å²) in [5, 5.41) is 11.1. The first-order valence-electron chi connectivity index (χ1n) is 9.45. The van der Waals surface area contributed by atoms with Gasteiger partial charge in [-0.05, 0) is 24.3 Å². The molecule has 7 nitrogen and oxygen atoms in total. The van der Waals surface area contributed by atoms with Gasteiger partial charge in [0, 0.05) is 0 Å². The van der Waals surface area contributed by atoms with Crippen molar-refractivity contribution in [2.24, 2.45) is 0 Å². The van der Waals surface area contributed by atoms with E-state index in [4.69, 9.17) is 28.4 Å². The van der Waals surface area contributed by atoms with Crippen molar-refractivity contribution < 1.29 is 33.5 Å². The molecule has 0 aliphatic carbocycles. The molecule has 0 unspecified atom stereocenters. The standard InChI is InChI=1S/C21H24O7/c22-21-19-15-3-1-5-17(19)28-18-6-2-4-16(20(18)21)27-14-12-25-10-8-23-7-9-24-11-13-26-15/h1-6,21-22H,7-14H2. The average molecular weight is 388 g/mol. The summed E-state index contributed by atoms with van der Waals surface area (Å²) in [6, 6.07) is 10.9. The van der Waals surface area contributed by atoms with E-state index in [1.165, 1.54) is 0 Å². The molecule has 28 heavy (non-hydrogen) atoms. The Morgan fingerprint density at radius 3 is 1.43 bits per heavy atom. The van der Waals surface area contributed by atoms with Gasteiger partial charge in [0.2, 0.25) is 0 Å². The van der Waals surface area contributed by atoms with Gasteiger partial charge >= 0.3 is 0 Å². The first-order valence-corrected chi connectivity index (χ1v) is 9.45. The van der Waals surface area contributed by atoms with Crippen LogP contribution >= 0.6 is 0 Å². The molecule has 150 valence electrons. The van der Waals surface area contributed by atoms with Gasteiger partial charge in [-0.3, -0.25) is 0 Å². The zero-order valence-corrected chi connectivity index (χ0v) is 15.6. The molecule has 0 aromatic heterocycles. The maximum Gasteiger partial charge on any atom is 0.137 e. The van der Waals surface area contributed by atoms with Crippen molar-refractivity contribution in [2.75, 3.05) is 52.9 Å². The lowest BCUT2D eigenvalue weighted by Gasteiger charge is -2.28. The third-order valence-electron chi connectivity index (χ3n) is 4.53. The molecule has 0 saturated heterocycles. The lowest BCUT2D eigenvalue weighted by Crippen LogP contribution is -2.17. The number of ether oxygens (including phenoxy) is 6. The Balaban J connectivity index is 1.60. The predicted octanol–water partition coefficient (Wildman–Crippen LogP) is 2.70. The summed E-state index contributed by atoms with van der Waals surface area (Å²) in [4.78, 5) is 0. The van der Waals surface area contributed by atoms with Crippen LogP contribution in [-0.2, 0) is 14.2 Å². The van der Waals surface area contributed by atoms with Crippen molar-refractivity contribution in [2.45, 2.75) is 6.10 Å². The van der Waals surface area contributed by atoms with Crippen LogP contribution in [0.3, 0.4) is 0 Å². The number of benzene rings is 2. The van der Waals surface area contributed by atoms with Crippen LogP contribution in [0.5, 0.6) is 23.0 Å². The molecule has 2 aliphatic heterocycles. The quantitative estimate of drug-likeness (QED) is 0.744. The van der Waals surface area contributed by atoms with E-state index in [9.17, 15) is 5.11 Å². The molecule has 7 heteroatoms. The first kappa shape index (κ1) is 19.0. The van der Waals surface area contributed by atoms with Crippen molar-refractivity contribution in [3.63, 3.8) is 0 Å². The molecule has 2 bridgehead atoms. The van der Waals surface area contributed by atoms with Crippen LogP contribution in [0.1, 0.15) is 17.2 Å². The number of hydrogen-bond acceptors (Lipinski definition) is 7. The highest BCUT2D eigenvalue weighted by atomic mass is 16.6. The van der Waals surface area contributed by atoms with Gasteiger partial charge in [-0.2, -0.15) is 0 Å². The van der Waals surface area contributed by atoms with Gasteiger partial charge < -0.3 is 33.5 Å². The Hall–Kier alpha value is -2.32. The van der Waals surface area contributed by atoms with Crippen LogP contribution in [0.4, 0.5) is 0 Å². The van der Waals surface area contributed by atoms with Crippen LogP contribution in [0.2, 0.25) is 0 Å². The molecule has 0 spiro atoms. The predicted molar refractivity (Wildman–Crippen MR) is 100 cm³/mol. The van der Waals surface area contributed by atoms with Crippen LogP contribution in [-0.4, -0.2) is 58.0 Å². The second kappa shape index (κ2) is 9.25. The van der Waals surface area contributed by atoms with Crippen LogP contribution < -0.4 is 14.2 Å². The average Bonchev–Trinajstić information content (AvgIpc) is 2.70. The smallest absolute Gasteiger partial charge is 0.137 e. The third-order valence-corrected chi connectivity index (χ3v) is 4.53. The van der Waals surface area contributed by atoms with E-state index in [2.05, 4.69) is 0 Å². The highest BCUT2D eigenvalue weighted by Crippen LogP contribution is 2.49. The summed E-state index contributed by atoms with van der Waals surface area (Å²) in [5.74, 6) is 2.27. The van der Waals surface area contributed by atoms with E-state index in [0.29, 0.717) is 87.0 Å². The fourth-order valence-corrected chi connectivity index (χ4v) is 3.24. The molecule has 1 N–H and O–H groups in total. The Kier molecular flexibility index (Phi) is 6.28. The lowest BCUT2D eigenvalue weighted by atomic mass is 9.95. The maximum atomic E-state index is 11.1. The largest absolute Gasteiger partial charge is 0.491 e.